The van der Waals surface area contributed by atoms with E-state index < -0.39 is 0 Å². The minimum atomic E-state index is 0.594. The van der Waals surface area contributed by atoms with Gasteiger partial charge in [-0.1, -0.05) is 6.07 Å². The fourth-order valence-corrected chi connectivity index (χ4v) is 2.72. The molecule has 2 heterocycles. The van der Waals surface area contributed by atoms with Gasteiger partial charge in [-0.15, -0.1) is 0 Å². The number of aromatic nitrogens is 1. The van der Waals surface area contributed by atoms with Crippen molar-refractivity contribution < 1.29 is 0 Å². The molecule has 1 fully saturated rings. The van der Waals surface area contributed by atoms with Crippen molar-refractivity contribution in [3.8, 4) is 0 Å². The minimum Gasteiger partial charge on any atom is -0.397 e. The van der Waals surface area contributed by atoms with E-state index in [1.54, 1.807) is 6.20 Å². The van der Waals surface area contributed by atoms with Crippen LogP contribution in [-0.4, -0.2) is 17.6 Å². The smallest absolute Gasteiger partial charge is 0.0632 e. The number of anilines is 2. The second-order valence-corrected chi connectivity index (χ2v) is 4.78. The Bertz CT molecular complexity index is 550. The van der Waals surface area contributed by atoms with Crippen LogP contribution in [0.15, 0.2) is 30.6 Å². The van der Waals surface area contributed by atoms with Crippen LogP contribution in [-0.2, 0) is 0 Å². The Kier molecular flexibility index (Phi) is 2.39. The summed E-state index contributed by atoms with van der Waals surface area (Å²) in [4.78, 5) is 6.54. The Morgan fingerprint density at radius 2 is 2.24 bits per heavy atom. The first kappa shape index (κ1) is 10.4. The van der Waals surface area contributed by atoms with Crippen molar-refractivity contribution >= 4 is 22.1 Å². The fraction of sp³-hybridized carbons (Fsp3) is 0.357. The van der Waals surface area contributed by atoms with Gasteiger partial charge in [-0.05, 0) is 31.9 Å². The molecule has 3 heteroatoms. The summed E-state index contributed by atoms with van der Waals surface area (Å²) in [5.41, 5.74) is 8.35. The summed E-state index contributed by atoms with van der Waals surface area (Å²) in [5, 5.41) is 2.22. The topological polar surface area (TPSA) is 42.2 Å². The molecule has 88 valence electrons. The Morgan fingerprint density at radius 3 is 3.00 bits per heavy atom. The first-order valence-electron chi connectivity index (χ1n) is 6.16. The lowest BCUT2D eigenvalue weighted by atomic mass is 10.1. The normalized spacial score (nSPS) is 20.1. The largest absolute Gasteiger partial charge is 0.397 e. The third-order valence-electron chi connectivity index (χ3n) is 3.70. The summed E-state index contributed by atoms with van der Waals surface area (Å²) in [7, 11) is 0. The molecular weight excluding hydrogens is 210 g/mol. The lowest BCUT2D eigenvalue weighted by Gasteiger charge is -2.25. The minimum absolute atomic E-state index is 0.594. The van der Waals surface area contributed by atoms with E-state index in [-0.39, 0.29) is 0 Å². The van der Waals surface area contributed by atoms with Crippen LogP contribution in [0.2, 0.25) is 0 Å². The summed E-state index contributed by atoms with van der Waals surface area (Å²) in [6.07, 6.45) is 6.18. The Morgan fingerprint density at radius 1 is 1.35 bits per heavy atom. The number of nitrogens with zero attached hydrogens (tertiary/aromatic N) is 2. The van der Waals surface area contributed by atoms with E-state index in [0.29, 0.717) is 6.04 Å². The molecule has 2 aromatic rings. The maximum absolute atomic E-state index is 6.29. The molecule has 3 rings (SSSR count). The number of benzene rings is 1. The molecule has 3 nitrogen and oxygen atoms in total. The van der Waals surface area contributed by atoms with Crippen molar-refractivity contribution in [1.82, 2.24) is 4.98 Å². The molecule has 1 aromatic carbocycles. The van der Waals surface area contributed by atoms with Gasteiger partial charge in [0.05, 0.1) is 11.4 Å². The predicted molar refractivity (Wildman–Crippen MR) is 72.2 cm³/mol. The van der Waals surface area contributed by atoms with Crippen LogP contribution in [0.3, 0.4) is 0 Å². The van der Waals surface area contributed by atoms with Crippen molar-refractivity contribution in [1.29, 1.82) is 0 Å². The number of fused-ring (bicyclic) bond motifs is 1. The quantitative estimate of drug-likeness (QED) is 0.762. The zero-order valence-electron chi connectivity index (χ0n) is 10.1. The van der Waals surface area contributed by atoms with Crippen molar-refractivity contribution in [2.75, 3.05) is 17.2 Å². The van der Waals surface area contributed by atoms with E-state index >= 15 is 0 Å². The van der Waals surface area contributed by atoms with Gasteiger partial charge in [0.15, 0.2) is 0 Å². The summed E-state index contributed by atoms with van der Waals surface area (Å²) in [6, 6.07) is 6.83. The second kappa shape index (κ2) is 3.91. The highest BCUT2D eigenvalue weighted by Crippen LogP contribution is 2.34. The molecule has 1 saturated heterocycles. The van der Waals surface area contributed by atoms with E-state index in [1.807, 2.05) is 12.3 Å². The van der Waals surface area contributed by atoms with Gasteiger partial charge in [0.1, 0.15) is 0 Å². The van der Waals surface area contributed by atoms with E-state index in [9.17, 15) is 0 Å². The summed E-state index contributed by atoms with van der Waals surface area (Å²) >= 11 is 0. The molecular formula is C14H17N3. The lowest BCUT2D eigenvalue weighted by Crippen LogP contribution is -2.27. The average Bonchev–Trinajstić information content (AvgIpc) is 2.76. The molecule has 0 bridgehead atoms. The van der Waals surface area contributed by atoms with Gasteiger partial charge in [0.2, 0.25) is 0 Å². The number of pyridine rings is 1. The lowest BCUT2D eigenvalue weighted by molar-refractivity contribution is 0.736. The number of nitrogen functional groups attached to an aromatic ring is 1. The van der Waals surface area contributed by atoms with Crippen LogP contribution in [0, 0.1) is 0 Å². The van der Waals surface area contributed by atoms with Crippen molar-refractivity contribution in [2.45, 2.75) is 25.8 Å². The highest BCUT2D eigenvalue weighted by molar-refractivity contribution is 5.98. The van der Waals surface area contributed by atoms with E-state index in [4.69, 9.17) is 5.73 Å². The van der Waals surface area contributed by atoms with Gasteiger partial charge in [0.25, 0.3) is 0 Å². The summed E-state index contributed by atoms with van der Waals surface area (Å²) in [5.74, 6) is 0. The van der Waals surface area contributed by atoms with Gasteiger partial charge in [-0.25, -0.2) is 0 Å². The maximum Gasteiger partial charge on any atom is 0.0632 e. The van der Waals surface area contributed by atoms with Crippen LogP contribution >= 0.6 is 0 Å². The average molecular weight is 227 g/mol. The molecule has 1 unspecified atom stereocenters. The highest BCUT2D eigenvalue weighted by Gasteiger charge is 2.22. The number of hydrogen-bond acceptors (Lipinski definition) is 3. The van der Waals surface area contributed by atoms with Crippen LogP contribution in [0.5, 0.6) is 0 Å². The molecule has 0 amide bonds. The fourth-order valence-electron chi connectivity index (χ4n) is 2.72. The zero-order valence-corrected chi connectivity index (χ0v) is 10.1. The Balaban J connectivity index is 2.14. The van der Waals surface area contributed by atoms with Crippen LogP contribution in [0.4, 0.5) is 11.4 Å². The molecule has 1 aliphatic heterocycles. The van der Waals surface area contributed by atoms with Crippen LogP contribution in [0.1, 0.15) is 19.8 Å². The first-order chi connectivity index (χ1) is 8.27. The van der Waals surface area contributed by atoms with Gasteiger partial charge >= 0.3 is 0 Å². The van der Waals surface area contributed by atoms with Crippen molar-refractivity contribution in [2.24, 2.45) is 0 Å². The number of rotatable bonds is 1. The molecule has 0 saturated carbocycles. The molecule has 1 aliphatic rings. The number of nitrogens with two attached hydrogens (primary N) is 1. The summed E-state index contributed by atoms with van der Waals surface area (Å²) < 4.78 is 0. The highest BCUT2D eigenvalue weighted by atomic mass is 15.2. The van der Waals surface area contributed by atoms with Crippen LogP contribution in [0.25, 0.3) is 10.8 Å². The third-order valence-corrected chi connectivity index (χ3v) is 3.70. The SMILES string of the molecule is CC1CCCN1c1ccc2cnccc2c1N. The Hall–Kier alpha value is -1.77. The monoisotopic (exact) mass is 227 g/mol. The standard InChI is InChI=1S/C14H17N3/c1-10-3-2-8-17(10)13-5-4-11-9-16-7-6-12(11)14(13)15/h4-7,9-10H,2-3,8,15H2,1H3. The van der Waals surface area contributed by atoms with E-state index in [0.717, 1.165) is 23.0 Å². The molecule has 17 heavy (non-hydrogen) atoms. The second-order valence-electron chi connectivity index (χ2n) is 4.78. The van der Waals surface area contributed by atoms with E-state index in [2.05, 4.69) is 28.9 Å². The molecule has 0 spiro atoms. The predicted octanol–water partition coefficient (Wildman–Crippen LogP) is 2.81. The van der Waals surface area contributed by atoms with Crippen molar-refractivity contribution in [3.63, 3.8) is 0 Å². The maximum atomic E-state index is 6.29. The molecule has 1 aromatic heterocycles. The zero-order chi connectivity index (χ0) is 11.8. The molecule has 0 aliphatic carbocycles. The first-order valence-corrected chi connectivity index (χ1v) is 6.16. The van der Waals surface area contributed by atoms with Gasteiger partial charge < -0.3 is 10.6 Å². The third kappa shape index (κ3) is 1.62. The van der Waals surface area contributed by atoms with Crippen molar-refractivity contribution in [3.05, 3.63) is 30.6 Å². The van der Waals surface area contributed by atoms with Crippen LogP contribution < -0.4 is 10.6 Å². The van der Waals surface area contributed by atoms with Gasteiger partial charge in [0, 0.05) is 35.8 Å². The van der Waals surface area contributed by atoms with Gasteiger partial charge in [-0.2, -0.15) is 0 Å². The number of hydrogen-bond donors (Lipinski definition) is 1. The molecule has 1 atom stereocenters. The Labute approximate surface area is 101 Å². The van der Waals surface area contributed by atoms with Gasteiger partial charge in [-0.3, -0.25) is 4.98 Å². The summed E-state index contributed by atoms with van der Waals surface area (Å²) in [6.45, 7) is 3.38. The molecule has 2 N–H and O–H groups in total. The molecule has 0 radical (unpaired) electrons. The van der Waals surface area contributed by atoms with E-state index in [1.165, 1.54) is 18.5 Å².